The highest BCUT2D eigenvalue weighted by Gasteiger charge is 2.24. The Labute approximate surface area is 123 Å². The number of para-hydroxylation sites is 1. The van der Waals surface area contributed by atoms with Gasteiger partial charge in [0.1, 0.15) is 0 Å². The van der Waals surface area contributed by atoms with Gasteiger partial charge in [0.25, 0.3) is 0 Å². The molecule has 2 rings (SSSR count). The molecule has 5 heteroatoms. The highest BCUT2D eigenvalue weighted by molar-refractivity contribution is 8.03. The topological polar surface area (TPSA) is 49.4 Å². The second-order valence-corrected chi connectivity index (χ2v) is 5.46. The number of ketones is 1. The van der Waals surface area contributed by atoms with Crippen molar-refractivity contribution < 1.29 is 9.59 Å². The van der Waals surface area contributed by atoms with Crippen LogP contribution < -0.4 is 10.2 Å². The van der Waals surface area contributed by atoms with E-state index in [2.05, 4.69) is 10.2 Å². The summed E-state index contributed by atoms with van der Waals surface area (Å²) in [5.74, 6) is -0.386. The fourth-order valence-electron chi connectivity index (χ4n) is 2.09. The first-order valence-electron chi connectivity index (χ1n) is 6.71. The molecule has 1 N–H and O–H groups in total. The molecule has 0 bridgehead atoms. The summed E-state index contributed by atoms with van der Waals surface area (Å²) < 4.78 is 0. The quantitative estimate of drug-likeness (QED) is 0.669. The largest absolute Gasteiger partial charge is 0.356 e. The summed E-state index contributed by atoms with van der Waals surface area (Å²) >= 11 is 1.57. The highest BCUT2D eigenvalue weighted by atomic mass is 32.2. The number of rotatable bonds is 5. The smallest absolute Gasteiger partial charge is 0.227 e. The van der Waals surface area contributed by atoms with Gasteiger partial charge in [-0.2, -0.15) is 0 Å². The van der Waals surface area contributed by atoms with Crippen LogP contribution in [-0.2, 0) is 9.59 Å². The summed E-state index contributed by atoms with van der Waals surface area (Å²) in [5, 5.41) is 3.53. The molecule has 0 radical (unpaired) electrons. The minimum Gasteiger partial charge on any atom is -0.356 e. The third kappa shape index (κ3) is 3.22. The summed E-state index contributed by atoms with van der Waals surface area (Å²) in [6.07, 6.45) is 1.48. The fraction of sp³-hybridized carbons (Fsp3) is 0.333. The molecule has 0 spiro atoms. The van der Waals surface area contributed by atoms with Gasteiger partial charge in [-0.15, -0.1) is 0 Å². The summed E-state index contributed by atoms with van der Waals surface area (Å²) in [6.45, 7) is 5.22. The lowest BCUT2D eigenvalue weighted by Gasteiger charge is -2.17. The number of anilines is 1. The third-order valence-electron chi connectivity index (χ3n) is 2.95. The van der Waals surface area contributed by atoms with Gasteiger partial charge < -0.3 is 10.2 Å². The maximum Gasteiger partial charge on any atom is 0.227 e. The average molecular weight is 290 g/mol. The average Bonchev–Trinajstić information content (AvgIpc) is 2.75. The number of carbonyl (C=O) groups excluding carboxylic acids is 2. The van der Waals surface area contributed by atoms with Gasteiger partial charge in [0.2, 0.25) is 5.91 Å². The van der Waals surface area contributed by atoms with Crippen LogP contribution >= 0.6 is 11.8 Å². The van der Waals surface area contributed by atoms with Crippen LogP contribution in [0, 0.1) is 0 Å². The number of carbonyl (C=O) groups is 2. The second-order valence-electron chi connectivity index (χ2n) is 4.39. The van der Waals surface area contributed by atoms with Gasteiger partial charge in [-0.25, -0.2) is 0 Å². The number of hydrogen-bond donors (Lipinski definition) is 1. The predicted molar refractivity (Wildman–Crippen MR) is 81.7 cm³/mol. The van der Waals surface area contributed by atoms with Crippen LogP contribution in [0.15, 0.2) is 40.3 Å². The molecule has 1 heterocycles. The van der Waals surface area contributed by atoms with Crippen LogP contribution in [-0.4, -0.2) is 24.8 Å². The third-order valence-corrected chi connectivity index (χ3v) is 4.06. The van der Waals surface area contributed by atoms with Gasteiger partial charge in [0.05, 0.1) is 17.1 Å². The van der Waals surface area contributed by atoms with E-state index < -0.39 is 0 Å². The van der Waals surface area contributed by atoms with Crippen molar-refractivity contribution in [3.05, 3.63) is 35.4 Å². The molecule has 106 valence electrons. The van der Waals surface area contributed by atoms with Gasteiger partial charge in [-0.3, -0.25) is 9.59 Å². The molecule has 0 fully saturated rings. The second kappa shape index (κ2) is 6.61. The number of benzene rings is 1. The molecular formula is C15H18N2O2S. The monoisotopic (exact) mass is 290 g/mol. The van der Waals surface area contributed by atoms with Crippen molar-refractivity contribution in [2.24, 2.45) is 0 Å². The van der Waals surface area contributed by atoms with Gasteiger partial charge in [-0.05, 0) is 26.0 Å². The summed E-state index contributed by atoms with van der Waals surface area (Å²) in [4.78, 5) is 26.6. The Morgan fingerprint density at radius 2 is 2.05 bits per heavy atom. The Balaban J connectivity index is 2.12. The van der Waals surface area contributed by atoms with Crippen molar-refractivity contribution in [3.63, 3.8) is 0 Å². The number of amides is 1. The number of nitrogens with zero attached hydrogens (tertiary/aromatic N) is 1. The van der Waals surface area contributed by atoms with Gasteiger partial charge in [-0.1, -0.05) is 23.9 Å². The van der Waals surface area contributed by atoms with Crippen LogP contribution in [0.2, 0.25) is 0 Å². The van der Waals surface area contributed by atoms with E-state index in [0.29, 0.717) is 6.54 Å². The number of allylic oxidation sites excluding steroid dienone is 1. The summed E-state index contributed by atoms with van der Waals surface area (Å²) in [5.41, 5.74) is 1.12. The molecule has 0 saturated carbocycles. The Morgan fingerprint density at radius 1 is 1.30 bits per heavy atom. The van der Waals surface area contributed by atoms with Crippen LogP contribution in [0.1, 0.15) is 20.3 Å². The fourth-order valence-corrected chi connectivity index (χ4v) is 3.28. The van der Waals surface area contributed by atoms with Gasteiger partial charge in [0, 0.05) is 24.1 Å². The van der Waals surface area contributed by atoms with Crippen molar-refractivity contribution in [3.8, 4) is 0 Å². The molecule has 4 nitrogen and oxygen atoms in total. The molecule has 0 atom stereocenters. The highest BCUT2D eigenvalue weighted by Crippen LogP contribution is 2.45. The predicted octanol–water partition coefficient (Wildman–Crippen LogP) is 2.56. The van der Waals surface area contributed by atoms with Crippen LogP contribution in [0.5, 0.6) is 0 Å². The zero-order valence-electron chi connectivity index (χ0n) is 11.7. The lowest BCUT2D eigenvalue weighted by molar-refractivity contribution is -0.126. The molecule has 0 aromatic heterocycles. The van der Waals surface area contributed by atoms with E-state index in [4.69, 9.17) is 0 Å². The maximum absolute atomic E-state index is 11.9. The van der Waals surface area contributed by atoms with E-state index in [1.165, 1.54) is 0 Å². The Morgan fingerprint density at radius 3 is 2.75 bits per heavy atom. The molecule has 0 aliphatic carbocycles. The molecule has 1 aromatic rings. The number of nitrogens with one attached hydrogen (secondary N) is 1. The lowest BCUT2D eigenvalue weighted by atomic mass is 10.2. The summed E-state index contributed by atoms with van der Waals surface area (Å²) in [7, 11) is 0. The van der Waals surface area contributed by atoms with E-state index in [1.54, 1.807) is 17.8 Å². The zero-order chi connectivity index (χ0) is 14.5. The van der Waals surface area contributed by atoms with E-state index >= 15 is 0 Å². The van der Waals surface area contributed by atoms with Crippen molar-refractivity contribution in [1.29, 1.82) is 0 Å². The minimum absolute atomic E-state index is 0.0915. The van der Waals surface area contributed by atoms with Gasteiger partial charge >= 0.3 is 0 Å². The molecule has 1 amide bonds. The number of thioether (sulfide) groups is 1. The first kappa shape index (κ1) is 14.7. The van der Waals surface area contributed by atoms with Crippen molar-refractivity contribution in [2.45, 2.75) is 25.2 Å². The molecule has 1 aliphatic heterocycles. The van der Waals surface area contributed by atoms with Crippen molar-refractivity contribution in [2.75, 3.05) is 18.0 Å². The molecular weight excluding hydrogens is 272 g/mol. The number of fused-ring (bicyclic) bond motifs is 1. The lowest BCUT2D eigenvalue weighted by Crippen LogP contribution is -2.25. The standard InChI is InChI=1S/C15H18N2O2S/c1-3-16-14(19)9-11(18)10-15-17(4-2)12-7-5-6-8-13(12)20-15/h5-8,10H,3-4,9H2,1-2H3,(H,16,19)/b15-10+. The minimum atomic E-state index is -0.224. The number of hydrogen-bond acceptors (Lipinski definition) is 4. The molecule has 1 aromatic carbocycles. The van der Waals surface area contributed by atoms with E-state index in [1.807, 2.05) is 38.1 Å². The first-order valence-corrected chi connectivity index (χ1v) is 7.53. The molecule has 0 unspecified atom stereocenters. The molecule has 20 heavy (non-hydrogen) atoms. The molecule has 1 aliphatic rings. The normalized spacial score (nSPS) is 15.3. The van der Waals surface area contributed by atoms with Crippen molar-refractivity contribution in [1.82, 2.24) is 5.32 Å². The molecule has 0 saturated heterocycles. The SMILES string of the molecule is CCNC(=O)CC(=O)/C=C1/Sc2ccccc2N1CC. The van der Waals surface area contributed by atoms with Crippen LogP contribution in [0.25, 0.3) is 0 Å². The van der Waals surface area contributed by atoms with E-state index in [0.717, 1.165) is 22.2 Å². The van der Waals surface area contributed by atoms with Crippen LogP contribution in [0.3, 0.4) is 0 Å². The Bertz CT molecular complexity index is 555. The van der Waals surface area contributed by atoms with Crippen molar-refractivity contribution >= 4 is 29.1 Å². The van der Waals surface area contributed by atoms with Gasteiger partial charge in [0.15, 0.2) is 5.78 Å². The van der Waals surface area contributed by atoms with E-state index in [-0.39, 0.29) is 18.1 Å². The Hall–Kier alpha value is -1.75. The van der Waals surface area contributed by atoms with Crippen LogP contribution in [0.4, 0.5) is 5.69 Å². The Kier molecular flexibility index (Phi) is 4.84. The zero-order valence-corrected chi connectivity index (χ0v) is 12.5. The van der Waals surface area contributed by atoms with E-state index in [9.17, 15) is 9.59 Å². The summed E-state index contributed by atoms with van der Waals surface area (Å²) in [6, 6.07) is 8.05. The maximum atomic E-state index is 11.9. The first-order chi connectivity index (χ1) is 9.65.